The summed E-state index contributed by atoms with van der Waals surface area (Å²) in [6.45, 7) is 3.16. The van der Waals surface area contributed by atoms with Crippen LogP contribution in [0.15, 0.2) is 53.6 Å². The molecule has 1 aliphatic rings. The van der Waals surface area contributed by atoms with Gasteiger partial charge in [0.2, 0.25) is 5.95 Å². The summed E-state index contributed by atoms with van der Waals surface area (Å²) in [6, 6.07) is 10.1. The van der Waals surface area contributed by atoms with Gasteiger partial charge in [-0.1, -0.05) is 11.6 Å². The van der Waals surface area contributed by atoms with Gasteiger partial charge in [0.05, 0.1) is 42.6 Å². The van der Waals surface area contributed by atoms with Crippen molar-refractivity contribution < 1.29 is 13.5 Å². The van der Waals surface area contributed by atoms with Crippen LogP contribution in [0.25, 0.3) is 5.69 Å². The van der Waals surface area contributed by atoms with Gasteiger partial charge in [-0.2, -0.15) is 14.2 Å². The zero-order valence-corrected chi connectivity index (χ0v) is 18.9. The molecular weight excluding hydrogens is 452 g/mol. The maximum atomic E-state index is 14.7. The molecule has 2 aromatic heterocycles. The molecule has 3 aromatic rings. The van der Waals surface area contributed by atoms with Crippen molar-refractivity contribution in [1.82, 2.24) is 14.8 Å². The van der Waals surface area contributed by atoms with Crippen molar-refractivity contribution in [1.29, 1.82) is 0 Å². The molecule has 7 nitrogen and oxygen atoms in total. The molecule has 0 spiro atoms. The van der Waals surface area contributed by atoms with Crippen molar-refractivity contribution in [3.8, 4) is 5.69 Å². The summed E-state index contributed by atoms with van der Waals surface area (Å²) in [5.41, 5.74) is 0.366. The van der Waals surface area contributed by atoms with Gasteiger partial charge in [-0.25, -0.2) is 9.37 Å². The van der Waals surface area contributed by atoms with Gasteiger partial charge in [-0.15, -0.1) is 0 Å². The molecule has 1 saturated heterocycles. The fourth-order valence-corrected chi connectivity index (χ4v) is 3.96. The summed E-state index contributed by atoms with van der Waals surface area (Å²) < 4.78 is 34.3. The Hall–Kier alpha value is -3.04. The number of nitrogens with zero attached hydrogens (tertiary/aromatic N) is 4. The third kappa shape index (κ3) is 5.15. The molecule has 0 saturated carbocycles. The predicted octanol–water partition coefficient (Wildman–Crippen LogP) is 4.51. The highest BCUT2D eigenvalue weighted by Crippen LogP contribution is 2.27. The minimum atomic E-state index is -1.50. The lowest BCUT2D eigenvalue weighted by molar-refractivity contribution is -0.0234. The number of nitrogens with one attached hydrogen (secondary N) is 1. The van der Waals surface area contributed by atoms with Gasteiger partial charge in [0, 0.05) is 18.8 Å². The predicted molar refractivity (Wildman–Crippen MR) is 124 cm³/mol. The molecule has 0 unspecified atom stereocenters. The quantitative estimate of drug-likeness (QED) is 0.507. The zero-order chi connectivity index (χ0) is 23.4. The number of halogens is 3. The molecule has 10 heteroatoms. The number of hydrogen-bond acceptors (Lipinski definition) is 6. The molecule has 0 aliphatic carbocycles. The van der Waals surface area contributed by atoms with Crippen LogP contribution in [0.3, 0.4) is 0 Å². The number of alkyl halides is 1. The molecule has 0 radical (unpaired) electrons. The second-order valence-corrected chi connectivity index (χ2v) is 8.23. The number of aromatic nitrogens is 3. The van der Waals surface area contributed by atoms with E-state index in [0.717, 1.165) is 11.4 Å². The summed E-state index contributed by atoms with van der Waals surface area (Å²) in [5.74, 6) is -0.542. The van der Waals surface area contributed by atoms with Crippen molar-refractivity contribution in [2.24, 2.45) is 0 Å². The van der Waals surface area contributed by atoms with Gasteiger partial charge >= 0.3 is 0 Å². The van der Waals surface area contributed by atoms with E-state index in [0.29, 0.717) is 31.7 Å². The van der Waals surface area contributed by atoms with Gasteiger partial charge in [-0.05, 0) is 56.2 Å². The monoisotopic (exact) mass is 475 g/mol. The van der Waals surface area contributed by atoms with Gasteiger partial charge in [0.25, 0.3) is 5.56 Å². The topological polar surface area (TPSA) is 72.3 Å². The minimum Gasteiger partial charge on any atom is -0.379 e. The van der Waals surface area contributed by atoms with Crippen molar-refractivity contribution in [2.45, 2.75) is 25.4 Å². The Morgan fingerprint density at radius 3 is 2.61 bits per heavy atom. The lowest BCUT2D eigenvalue weighted by atomic mass is 9.99. The highest BCUT2D eigenvalue weighted by Gasteiger charge is 2.32. The van der Waals surface area contributed by atoms with Crippen molar-refractivity contribution >= 4 is 28.7 Å². The molecule has 33 heavy (non-hydrogen) atoms. The second-order valence-electron chi connectivity index (χ2n) is 7.85. The summed E-state index contributed by atoms with van der Waals surface area (Å²) in [6.07, 6.45) is 3.91. The van der Waals surface area contributed by atoms with Crippen LogP contribution in [0.2, 0.25) is 5.02 Å². The Morgan fingerprint density at radius 1 is 1.21 bits per heavy atom. The maximum absolute atomic E-state index is 14.7. The molecule has 0 amide bonds. The minimum absolute atomic E-state index is 0.0111. The normalized spacial score (nSPS) is 18.2. The van der Waals surface area contributed by atoms with Crippen molar-refractivity contribution in [3.63, 3.8) is 0 Å². The highest BCUT2D eigenvalue weighted by molar-refractivity contribution is 6.32. The van der Waals surface area contributed by atoms with E-state index >= 15 is 0 Å². The summed E-state index contributed by atoms with van der Waals surface area (Å²) in [7, 11) is 0. The standard InChI is InChI=1S/C23H24ClF2N5O2/c1-2-30(18-8-9-20(25)27-12-18)16-4-6-17(7-5-16)31-22(32)21(24)19(13-29-31)28-14-23(26)10-3-11-33-15-23/h4-9,12-13,28H,2-3,10-11,14-15H2,1H3/t23-/m0/s1. The molecule has 1 fully saturated rings. The molecule has 1 N–H and O–H groups in total. The lowest BCUT2D eigenvalue weighted by Crippen LogP contribution is -2.40. The Kier molecular flexibility index (Phi) is 6.90. The number of benzene rings is 1. The third-order valence-electron chi connectivity index (χ3n) is 5.53. The first-order valence-corrected chi connectivity index (χ1v) is 11.1. The maximum Gasteiger partial charge on any atom is 0.292 e. The van der Waals surface area contributed by atoms with E-state index < -0.39 is 17.2 Å². The van der Waals surface area contributed by atoms with Crippen molar-refractivity contribution in [2.75, 3.05) is 36.5 Å². The van der Waals surface area contributed by atoms with E-state index in [1.165, 1.54) is 23.1 Å². The Bertz CT molecular complexity index is 1150. The Morgan fingerprint density at radius 2 is 1.97 bits per heavy atom. The van der Waals surface area contributed by atoms with E-state index in [4.69, 9.17) is 16.3 Å². The van der Waals surface area contributed by atoms with Crippen LogP contribution in [-0.2, 0) is 4.74 Å². The average Bonchev–Trinajstić information content (AvgIpc) is 2.83. The summed E-state index contributed by atoms with van der Waals surface area (Å²) in [4.78, 5) is 18.5. The fraction of sp³-hybridized carbons (Fsp3) is 0.348. The first-order valence-electron chi connectivity index (χ1n) is 10.7. The van der Waals surface area contributed by atoms with Crippen LogP contribution < -0.4 is 15.8 Å². The second kappa shape index (κ2) is 9.84. The molecule has 3 heterocycles. The summed E-state index contributed by atoms with van der Waals surface area (Å²) in [5, 5.41) is 7.02. The van der Waals surface area contributed by atoms with Crippen LogP contribution >= 0.6 is 11.6 Å². The van der Waals surface area contributed by atoms with Gasteiger partial charge in [0.15, 0.2) is 5.67 Å². The largest absolute Gasteiger partial charge is 0.379 e. The first-order chi connectivity index (χ1) is 15.9. The third-order valence-corrected chi connectivity index (χ3v) is 5.90. The summed E-state index contributed by atoms with van der Waals surface area (Å²) >= 11 is 6.27. The van der Waals surface area contributed by atoms with E-state index in [1.807, 2.05) is 24.0 Å². The number of anilines is 3. The molecule has 1 aliphatic heterocycles. The zero-order valence-electron chi connectivity index (χ0n) is 18.1. The molecule has 0 bridgehead atoms. The van der Waals surface area contributed by atoms with Gasteiger partial charge < -0.3 is 15.0 Å². The molecule has 1 atom stereocenters. The van der Waals surface area contributed by atoms with Crippen LogP contribution in [0.1, 0.15) is 19.8 Å². The van der Waals surface area contributed by atoms with Crippen LogP contribution in [0.5, 0.6) is 0 Å². The lowest BCUT2D eigenvalue weighted by Gasteiger charge is -2.29. The fourth-order valence-electron chi connectivity index (χ4n) is 3.77. The average molecular weight is 476 g/mol. The molecular formula is C23H24ClF2N5O2. The molecule has 174 valence electrons. The van der Waals surface area contributed by atoms with Crippen LogP contribution in [0.4, 0.5) is 25.8 Å². The van der Waals surface area contributed by atoms with E-state index in [9.17, 15) is 13.6 Å². The Balaban J connectivity index is 1.52. The van der Waals surface area contributed by atoms with E-state index in [2.05, 4.69) is 15.4 Å². The number of hydrogen-bond donors (Lipinski definition) is 1. The number of ether oxygens (including phenoxy) is 1. The highest BCUT2D eigenvalue weighted by atomic mass is 35.5. The van der Waals surface area contributed by atoms with E-state index in [-0.39, 0.29) is 23.9 Å². The number of rotatable bonds is 7. The van der Waals surface area contributed by atoms with Gasteiger partial charge in [0.1, 0.15) is 5.02 Å². The molecule has 4 rings (SSSR count). The van der Waals surface area contributed by atoms with Crippen LogP contribution in [0, 0.1) is 5.95 Å². The van der Waals surface area contributed by atoms with E-state index in [1.54, 1.807) is 18.2 Å². The SMILES string of the molecule is CCN(c1ccc(-n2ncc(NC[C@@]3(F)CCCOC3)c(Cl)c2=O)cc1)c1ccc(F)nc1. The smallest absolute Gasteiger partial charge is 0.292 e. The van der Waals surface area contributed by atoms with Gasteiger partial charge in [-0.3, -0.25) is 4.79 Å². The van der Waals surface area contributed by atoms with Crippen molar-refractivity contribution in [3.05, 3.63) is 70.1 Å². The first kappa shape index (κ1) is 23.1. The van der Waals surface area contributed by atoms with Crippen LogP contribution in [-0.4, -0.2) is 46.7 Å². The number of pyridine rings is 1. The Labute approximate surface area is 195 Å². The molecule has 1 aromatic carbocycles.